The Balaban J connectivity index is 1.67. The molecule has 27 heavy (non-hydrogen) atoms. The normalized spacial score (nSPS) is 15.0. The number of piperazine rings is 1. The fourth-order valence-corrected chi connectivity index (χ4v) is 3.38. The van der Waals surface area contributed by atoms with Crippen LogP contribution >= 0.6 is 15.9 Å². The van der Waals surface area contributed by atoms with Crippen LogP contribution in [0.5, 0.6) is 5.75 Å². The summed E-state index contributed by atoms with van der Waals surface area (Å²) in [6.07, 6.45) is 1.41. The van der Waals surface area contributed by atoms with E-state index in [0.717, 1.165) is 10.0 Å². The molecule has 3 rings (SSSR count). The summed E-state index contributed by atoms with van der Waals surface area (Å²) in [5, 5.41) is 0. The lowest BCUT2D eigenvalue weighted by atomic mass is 10.1. The molecule has 0 saturated carbocycles. The van der Waals surface area contributed by atoms with Gasteiger partial charge in [-0.15, -0.1) is 0 Å². The number of nitrogens with zero attached hydrogens (tertiary/aromatic N) is 3. The molecule has 146 valence electrons. The summed E-state index contributed by atoms with van der Waals surface area (Å²) < 4.78 is 17.7. The van der Waals surface area contributed by atoms with E-state index in [0.29, 0.717) is 43.7 Å². The molecular formula is C19H24BrN3O4. The third-order valence-electron chi connectivity index (χ3n) is 4.13. The highest BCUT2D eigenvalue weighted by molar-refractivity contribution is 9.10. The molecule has 0 bridgehead atoms. The molecule has 1 aliphatic heterocycles. The summed E-state index contributed by atoms with van der Waals surface area (Å²) in [6, 6.07) is 6.30. The van der Waals surface area contributed by atoms with Gasteiger partial charge in [0, 0.05) is 26.2 Å². The number of halogens is 1. The van der Waals surface area contributed by atoms with E-state index in [-0.39, 0.29) is 6.09 Å². The van der Waals surface area contributed by atoms with Crippen molar-refractivity contribution in [2.75, 3.05) is 38.2 Å². The molecule has 0 aliphatic carbocycles. The Hall–Kier alpha value is -2.22. The Kier molecular flexibility index (Phi) is 5.64. The minimum atomic E-state index is -0.491. The lowest BCUT2D eigenvalue weighted by Crippen LogP contribution is -2.50. The summed E-state index contributed by atoms with van der Waals surface area (Å²) >= 11 is 3.48. The zero-order valence-electron chi connectivity index (χ0n) is 16.0. The van der Waals surface area contributed by atoms with Gasteiger partial charge in [0.1, 0.15) is 11.4 Å². The van der Waals surface area contributed by atoms with E-state index in [1.54, 1.807) is 18.2 Å². The number of amides is 1. The summed E-state index contributed by atoms with van der Waals surface area (Å²) in [7, 11) is 1.62. The minimum absolute atomic E-state index is 0.283. The number of carbonyl (C=O) groups is 1. The predicted octanol–water partition coefficient (Wildman–Crippen LogP) is 4.17. The first kappa shape index (κ1) is 19.5. The molecule has 1 fully saturated rings. The molecule has 2 heterocycles. The predicted molar refractivity (Wildman–Crippen MR) is 106 cm³/mol. The van der Waals surface area contributed by atoms with E-state index in [1.807, 2.05) is 43.9 Å². The van der Waals surface area contributed by atoms with Crippen molar-refractivity contribution in [1.29, 1.82) is 0 Å². The molecule has 1 aliphatic rings. The molecule has 0 atom stereocenters. The molecule has 8 heteroatoms. The molecule has 0 spiro atoms. The van der Waals surface area contributed by atoms with Crippen LogP contribution in [0.25, 0.3) is 11.3 Å². The number of aromatic nitrogens is 1. The van der Waals surface area contributed by atoms with Crippen LogP contribution in [-0.4, -0.2) is 54.9 Å². The van der Waals surface area contributed by atoms with E-state index in [4.69, 9.17) is 13.9 Å². The van der Waals surface area contributed by atoms with Crippen LogP contribution in [0.4, 0.5) is 10.8 Å². The average Bonchev–Trinajstić information content (AvgIpc) is 3.10. The molecular weight excluding hydrogens is 414 g/mol. The molecule has 2 aromatic rings. The van der Waals surface area contributed by atoms with Gasteiger partial charge in [-0.05, 0) is 48.8 Å². The van der Waals surface area contributed by atoms with Gasteiger partial charge in [-0.3, -0.25) is 0 Å². The van der Waals surface area contributed by atoms with Gasteiger partial charge in [-0.25, -0.2) is 9.78 Å². The number of rotatable bonds is 3. The van der Waals surface area contributed by atoms with Gasteiger partial charge in [0.2, 0.25) is 0 Å². The van der Waals surface area contributed by atoms with Crippen LogP contribution in [0.2, 0.25) is 0 Å². The lowest BCUT2D eigenvalue weighted by molar-refractivity contribution is 0.0239. The highest BCUT2D eigenvalue weighted by atomic mass is 79.9. The van der Waals surface area contributed by atoms with Crippen LogP contribution < -0.4 is 9.64 Å². The Morgan fingerprint density at radius 1 is 1.22 bits per heavy atom. The number of oxazole rings is 1. The van der Waals surface area contributed by atoms with Crippen molar-refractivity contribution in [1.82, 2.24) is 9.88 Å². The highest BCUT2D eigenvalue weighted by Crippen LogP contribution is 2.37. The van der Waals surface area contributed by atoms with Crippen molar-refractivity contribution in [3.8, 4) is 17.1 Å². The molecule has 1 aromatic heterocycles. The molecule has 7 nitrogen and oxygen atoms in total. The molecule has 0 N–H and O–H groups in total. The van der Waals surface area contributed by atoms with Crippen LogP contribution in [0, 0.1) is 0 Å². The van der Waals surface area contributed by atoms with Crippen molar-refractivity contribution >= 4 is 28.0 Å². The quantitative estimate of drug-likeness (QED) is 0.717. The van der Waals surface area contributed by atoms with Crippen LogP contribution in [0.3, 0.4) is 0 Å². The van der Waals surface area contributed by atoms with Crippen molar-refractivity contribution in [3.63, 3.8) is 0 Å². The third kappa shape index (κ3) is 4.55. The van der Waals surface area contributed by atoms with E-state index in [9.17, 15) is 4.79 Å². The van der Waals surface area contributed by atoms with Gasteiger partial charge >= 0.3 is 6.09 Å². The lowest BCUT2D eigenvalue weighted by Gasteiger charge is -2.34. The number of methoxy groups -OCH3 is 1. The zero-order chi connectivity index (χ0) is 19.6. The number of anilines is 1. The maximum Gasteiger partial charge on any atom is 0.410 e. The average molecular weight is 438 g/mol. The van der Waals surface area contributed by atoms with Crippen molar-refractivity contribution < 1.29 is 18.7 Å². The van der Waals surface area contributed by atoms with Gasteiger partial charge in [0.15, 0.2) is 5.76 Å². The number of benzene rings is 1. The summed E-state index contributed by atoms with van der Waals surface area (Å²) in [6.45, 7) is 7.99. The minimum Gasteiger partial charge on any atom is -0.495 e. The SMILES string of the molecule is COc1c(Br)cccc1-c1cnc(N2CCN(C(=O)OC(C)(C)C)CC2)o1. The van der Waals surface area contributed by atoms with Crippen molar-refractivity contribution in [2.24, 2.45) is 0 Å². The van der Waals surface area contributed by atoms with E-state index in [1.165, 1.54) is 0 Å². The Morgan fingerprint density at radius 3 is 2.56 bits per heavy atom. The largest absolute Gasteiger partial charge is 0.495 e. The van der Waals surface area contributed by atoms with Crippen LogP contribution in [0.15, 0.2) is 33.3 Å². The molecule has 0 unspecified atom stereocenters. The monoisotopic (exact) mass is 437 g/mol. The number of hydrogen-bond donors (Lipinski definition) is 0. The first-order valence-corrected chi connectivity index (χ1v) is 9.59. The Labute approximate surface area is 167 Å². The van der Waals surface area contributed by atoms with Gasteiger partial charge in [-0.1, -0.05) is 6.07 Å². The molecule has 1 aromatic carbocycles. The second-order valence-electron chi connectivity index (χ2n) is 7.28. The fraction of sp³-hybridized carbons (Fsp3) is 0.474. The van der Waals surface area contributed by atoms with Gasteiger partial charge in [-0.2, -0.15) is 0 Å². The van der Waals surface area contributed by atoms with Crippen molar-refractivity contribution in [2.45, 2.75) is 26.4 Å². The standard InChI is InChI=1S/C19H24BrN3O4/c1-19(2,3)27-18(24)23-10-8-22(9-11-23)17-21-12-15(26-17)13-6-5-7-14(20)16(13)25-4/h5-7,12H,8-11H2,1-4H3. The molecule has 0 radical (unpaired) electrons. The second-order valence-corrected chi connectivity index (χ2v) is 8.14. The smallest absolute Gasteiger partial charge is 0.410 e. The van der Waals surface area contributed by atoms with Gasteiger partial charge in [0.05, 0.1) is 23.3 Å². The topological polar surface area (TPSA) is 68.0 Å². The number of ether oxygens (including phenoxy) is 2. The Morgan fingerprint density at radius 2 is 1.93 bits per heavy atom. The first-order valence-electron chi connectivity index (χ1n) is 8.80. The van der Waals surface area contributed by atoms with E-state index in [2.05, 4.69) is 20.9 Å². The highest BCUT2D eigenvalue weighted by Gasteiger charge is 2.27. The van der Waals surface area contributed by atoms with Gasteiger partial charge in [0.25, 0.3) is 6.01 Å². The van der Waals surface area contributed by atoms with E-state index >= 15 is 0 Å². The third-order valence-corrected chi connectivity index (χ3v) is 4.76. The Bertz CT molecular complexity index is 808. The maximum atomic E-state index is 12.2. The number of para-hydroxylation sites is 1. The maximum absolute atomic E-state index is 12.2. The van der Waals surface area contributed by atoms with Crippen molar-refractivity contribution in [3.05, 3.63) is 28.9 Å². The summed E-state index contributed by atoms with van der Waals surface area (Å²) in [5.41, 5.74) is 0.340. The second kappa shape index (κ2) is 7.80. The van der Waals surface area contributed by atoms with Crippen LogP contribution in [0.1, 0.15) is 20.8 Å². The fourth-order valence-electron chi connectivity index (χ4n) is 2.85. The summed E-state index contributed by atoms with van der Waals surface area (Å²) in [5.74, 6) is 1.34. The molecule has 1 saturated heterocycles. The van der Waals surface area contributed by atoms with E-state index < -0.39 is 5.60 Å². The summed E-state index contributed by atoms with van der Waals surface area (Å²) in [4.78, 5) is 20.3. The number of carbonyl (C=O) groups excluding carboxylic acids is 1. The van der Waals surface area contributed by atoms with Crippen LogP contribution in [-0.2, 0) is 4.74 Å². The zero-order valence-corrected chi connectivity index (χ0v) is 17.6. The van der Waals surface area contributed by atoms with Gasteiger partial charge < -0.3 is 23.7 Å². The number of hydrogen-bond acceptors (Lipinski definition) is 6. The first-order chi connectivity index (χ1) is 12.8. The molecule has 1 amide bonds.